The van der Waals surface area contributed by atoms with E-state index < -0.39 is 26.5 Å². The number of hydrogen-bond acceptors (Lipinski definition) is 7. The van der Waals surface area contributed by atoms with Crippen molar-refractivity contribution in [1.82, 2.24) is 4.31 Å². The lowest BCUT2D eigenvalue weighted by atomic mass is 10.1. The van der Waals surface area contributed by atoms with E-state index in [1.807, 2.05) is 0 Å². The van der Waals surface area contributed by atoms with E-state index in [0.29, 0.717) is 0 Å². The van der Waals surface area contributed by atoms with Crippen molar-refractivity contribution in [2.45, 2.75) is 11.8 Å². The summed E-state index contributed by atoms with van der Waals surface area (Å²) in [6.45, 7) is 1.98. The first kappa shape index (κ1) is 21.1. The maximum absolute atomic E-state index is 12.5. The average molecular weight is 408 g/mol. The van der Waals surface area contributed by atoms with E-state index in [-0.39, 0.29) is 34.2 Å². The summed E-state index contributed by atoms with van der Waals surface area (Å²) in [6, 6.07) is 7.82. The van der Waals surface area contributed by atoms with Crippen LogP contribution >= 0.6 is 0 Å². The number of nitrogens with two attached hydrogens (primary N) is 1. The average Bonchev–Trinajstić information content (AvgIpc) is 2.62. The van der Waals surface area contributed by atoms with E-state index >= 15 is 0 Å². The van der Waals surface area contributed by atoms with Crippen molar-refractivity contribution in [2.24, 2.45) is 0 Å². The first-order valence-corrected chi connectivity index (χ1v) is 9.56. The molecule has 0 atom stereocenters. The standard InChI is InChI=1S/C17H20N4O6S/c1-4-27-15-8-6-12(10-16(15)28(25,26)20(2)3)19-17(22)11-5-7-13(18)14(9-11)21(23)24/h5-10H,4,18H2,1-3H3,(H,19,22). The Kier molecular flexibility index (Phi) is 6.21. The third-order valence-electron chi connectivity index (χ3n) is 3.75. The molecule has 0 spiro atoms. The van der Waals surface area contributed by atoms with Crippen LogP contribution in [0.1, 0.15) is 17.3 Å². The van der Waals surface area contributed by atoms with Gasteiger partial charge in [-0.15, -0.1) is 0 Å². The molecule has 0 saturated carbocycles. The maximum atomic E-state index is 12.5. The van der Waals surface area contributed by atoms with Crippen LogP contribution in [0.5, 0.6) is 5.75 Å². The van der Waals surface area contributed by atoms with Crippen molar-refractivity contribution in [3.05, 3.63) is 52.1 Å². The van der Waals surface area contributed by atoms with Crippen molar-refractivity contribution in [2.75, 3.05) is 31.8 Å². The number of sulfonamides is 1. The topological polar surface area (TPSA) is 145 Å². The second-order valence-corrected chi connectivity index (χ2v) is 7.99. The molecule has 2 rings (SSSR count). The highest BCUT2D eigenvalue weighted by atomic mass is 32.2. The minimum atomic E-state index is -3.83. The Hall–Kier alpha value is -3.18. The molecule has 0 heterocycles. The summed E-state index contributed by atoms with van der Waals surface area (Å²) >= 11 is 0. The highest BCUT2D eigenvalue weighted by Crippen LogP contribution is 2.30. The number of hydrogen-bond donors (Lipinski definition) is 2. The molecule has 0 bridgehead atoms. The molecule has 0 radical (unpaired) electrons. The van der Waals surface area contributed by atoms with Gasteiger partial charge in [-0.25, -0.2) is 12.7 Å². The molecule has 2 aromatic carbocycles. The van der Waals surface area contributed by atoms with Gasteiger partial charge in [0.2, 0.25) is 10.0 Å². The number of nitro benzene ring substituents is 1. The zero-order chi connectivity index (χ0) is 21.1. The van der Waals surface area contributed by atoms with E-state index in [0.717, 1.165) is 10.4 Å². The van der Waals surface area contributed by atoms with E-state index in [2.05, 4.69) is 5.32 Å². The lowest BCUT2D eigenvalue weighted by Gasteiger charge is -2.16. The SMILES string of the molecule is CCOc1ccc(NC(=O)c2ccc(N)c([N+](=O)[O-])c2)cc1S(=O)(=O)N(C)C. The summed E-state index contributed by atoms with van der Waals surface area (Å²) in [5.41, 5.74) is 5.26. The summed E-state index contributed by atoms with van der Waals surface area (Å²) < 4.78 is 31.5. The number of anilines is 2. The van der Waals surface area contributed by atoms with Gasteiger partial charge in [0, 0.05) is 31.4 Å². The number of amides is 1. The number of nitro groups is 1. The van der Waals surface area contributed by atoms with Crippen molar-refractivity contribution >= 4 is 33.0 Å². The first-order valence-electron chi connectivity index (χ1n) is 8.12. The third kappa shape index (κ3) is 4.38. The molecule has 1 amide bonds. The van der Waals surface area contributed by atoms with Gasteiger partial charge in [-0.2, -0.15) is 0 Å². The first-order chi connectivity index (χ1) is 13.1. The quantitative estimate of drug-likeness (QED) is 0.405. The predicted octanol–water partition coefficient (Wildman–Crippen LogP) is 2.08. The Morgan fingerprint density at radius 1 is 1.25 bits per heavy atom. The maximum Gasteiger partial charge on any atom is 0.292 e. The van der Waals surface area contributed by atoms with E-state index in [1.165, 1.54) is 44.4 Å². The van der Waals surface area contributed by atoms with Gasteiger partial charge in [0.15, 0.2) is 0 Å². The van der Waals surface area contributed by atoms with Gasteiger partial charge in [-0.1, -0.05) is 0 Å². The molecule has 11 heteroatoms. The Labute approximate surface area is 162 Å². The van der Waals surface area contributed by atoms with E-state index in [1.54, 1.807) is 6.92 Å². The number of rotatable bonds is 7. The fourth-order valence-electron chi connectivity index (χ4n) is 2.31. The monoisotopic (exact) mass is 408 g/mol. The van der Waals surface area contributed by atoms with Crippen molar-refractivity contribution in [1.29, 1.82) is 0 Å². The van der Waals surface area contributed by atoms with Crippen LogP contribution in [-0.4, -0.2) is 44.3 Å². The number of carbonyl (C=O) groups is 1. The molecule has 150 valence electrons. The molecule has 3 N–H and O–H groups in total. The van der Waals surface area contributed by atoms with Gasteiger partial charge in [-0.3, -0.25) is 14.9 Å². The summed E-state index contributed by atoms with van der Waals surface area (Å²) in [5.74, 6) is -0.502. The van der Waals surface area contributed by atoms with Gasteiger partial charge in [0.1, 0.15) is 16.3 Å². The zero-order valence-electron chi connectivity index (χ0n) is 15.5. The lowest BCUT2D eigenvalue weighted by molar-refractivity contribution is -0.383. The predicted molar refractivity (Wildman–Crippen MR) is 104 cm³/mol. The van der Waals surface area contributed by atoms with Crippen LogP contribution in [0.4, 0.5) is 17.1 Å². The summed E-state index contributed by atoms with van der Waals surface area (Å²) in [7, 11) is -1.07. The van der Waals surface area contributed by atoms with Gasteiger partial charge >= 0.3 is 0 Å². The summed E-state index contributed by atoms with van der Waals surface area (Å²) in [4.78, 5) is 22.6. The third-order valence-corrected chi connectivity index (χ3v) is 5.59. The largest absolute Gasteiger partial charge is 0.492 e. The van der Waals surface area contributed by atoms with Crippen LogP contribution in [0.15, 0.2) is 41.3 Å². The Bertz CT molecular complexity index is 1020. The molecule has 0 aromatic heterocycles. The van der Waals surface area contributed by atoms with Crippen molar-refractivity contribution < 1.29 is 22.9 Å². The second kappa shape index (κ2) is 8.23. The molecular weight excluding hydrogens is 388 g/mol. The minimum Gasteiger partial charge on any atom is -0.492 e. The second-order valence-electron chi connectivity index (χ2n) is 5.87. The van der Waals surface area contributed by atoms with Gasteiger partial charge < -0.3 is 15.8 Å². The lowest BCUT2D eigenvalue weighted by Crippen LogP contribution is -2.23. The highest BCUT2D eigenvalue weighted by molar-refractivity contribution is 7.89. The Balaban J connectivity index is 2.40. The van der Waals surface area contributed by atoms with Gasteiger partial charge in [-0.05, 0) is 37.3 Å². The van der Waals surface area contributed by atoms with Crippen LogP contribution in [0.2, 0.25) is 0 Å². The van der Waals surface area contributed by atoms with Crippen LogP contribution in [-0.2, 0) is 10.0 Å². The van der Waals surface area contributed by atoms with Gasteiger partial charge in [0.25, 0.3) is 11.6 Å². The van der Waals surface area contributed by atoms with Crippen LogP contribution in [0.25, 0.3) is 0 Å². The number of carbonyl (C=O) groups excluding carboxylic acids is 1. The number of nitrogen functional groups attached to an aromatic ring is 1. The van der Waals surface area contributed by atoms with Crippen molar-refractivity contribution in [3.8, 4) is 5.75 Å². The summed E-state index contributed by atoms with van der Waals surface area (Å²) in [5, 5.41) is 13.5. The van der Waals surface area contributed by atoms with Crippen molar-refractivity contribution in [3.63, 3.8) is 0 Å². The fraction of sp³-hybridized carbons (Fsp3) is 0.235. The highest BCUT2D eigenvalue weighted by Gasteiger charge is 2.23. The molecule has 28 heavy (non-hydrogen) atoms. The molecular formula is C17H20N4O6S. The van der Waals surface area contributed by atoms with Gasteiger partial charge in [0.05, 0.1) is 11.5 Å². The molecule has 10 nitrogen and oxygen atoms in total. The number of nitrogens with one attached hydrogen (secondary N) is 1. The molecule has 0 aliphatic rings. The van der Waals surface area contributed by atoms with E-state index in [9.17, 15) is 23.3 Å². The van der Waals surface area contributed by atoms with Crippen LogP contribution < -0.4 is 15.8 Å². The number of ether oxygens (including phenoxy) is 1. The molecule has 0 saturated heterocycles. The number of nitrogens with zero attached hydrogens (tertiary/aromatic N) is 2. The van der Waals surface area contributed by atoms with Crippen LogP contribution in [0, 0.1) is 10.1 Å². The normalized spacial score (nSPS) is 11.3. The molecule has 0 fully saturated rings. The fourth-order valence-corrected chi connectivity index (χ4v) is 3.36. The molecule has 0 unspecified atom stereocenters. The molecule has 0 aliphatic carbocycles. The summed E-state index contributed by atoms with van der Waals surface area (Å²) in [6.07, 6.45) is 0. The van der Waals surface area contributed by atoms with Crippen LogP contribution in [0.3, 0.4) is 0 Å². The van der Waals surface area contributed by atoms with E-state index in [4.69, 9.17) is 10.5 Å². The zero-order valence-corrected chi connectivity index (χ0v) is 16.3. The molecule has 0 aliphatic heterocycles. The Morgan fingerprint density at radius 3 is 2.50 bits per heavy atom. The minimum absolute atomic E-state index is 0.00630. The molecule has 2 aromatic rings. The smallest absolute Gasteiger partial charge is 0.292 e. The Morgan fingerprint density at radius 2 is 1.93 bits per heavy atom. The number of benzene rings is 2.